The van der Waals surface area contributed by atoms with E-state index in [1.165, 1.54) is 18.9 Å². The Morgan fingerprint density at radius 2 is 1.54 bits per heavy atom. The van der Waals surface area contributed by atoms with Crippen molar-refractivity contribution in [2.75, 3.05) is 20.8 Å². The van der Waals surface area contributed by atoms with Gasteiger partial charge in [-0.1, -0.05) is 42.5 Å². The van der Waals surface area contributed by atoms with E-state index in [-0.39, 0.29) is 17.0 Å². The van der Waals surface area contributed by atoms with E-state index >= 15 is 0 Å². The van der Waals surface area contributed by atoms with E-state index in [1.54, 1.807) is 30.3 Å². The molecular weight excluding hydrogens is 472 g/mol. The van der Waals surface area contributed by atoms with Crippen LogP contribution >= 0.6 is 0 Å². The first-order valence-corrected chi connectivity index (χ1v) is 11.8. The van der Waals surface area contributed by atoms with Gasteiger partial charge in [0, 0.05) is 5.56 Å². The molecule has 4 aromatic rings. The number of hydrogen-bond acceptors (Lipinski definition) is 7. The minimum Gasteiger partial charge on any atom is -0.490 e. The summed E-state index contributed by atoms with van der Waals surface area (Å²) in [5.74, 6) is -0.399. The van der Waals surface area contributed by atoms with Gasteiger partial charge in [-0.2, -0.15) is 5.10 Å². The Morgan fingerprint density at radius 1 is 0.838 bits per heavy atom. The number of aryl methyl sites for hydroxylation is 1. The zero-order valence-corrected chi connectivity index (χ0v) is 21.2. The second-order valence-corrected chi connectivity index (χ2v) is 8.11. The minimum atomic E-state index is -0.716. The fourth-order valence-corrected chi connectivity index (χ4v) is 3.93. The van der Waals surface area contributed by atoms with E-state index in [0.29, 0.717) is 36.0 Å². The van der Waals surface area contributed by atoms with Crippen LogP contribution < -0.4 is 9.47 Å². The molecule has 8 nitrogen and oxygen atoms in total. The van der Waals surface area contributed by atoms with E-state index in [0.717, 1.165) is 11.1 Å². The number of carbonyl (C=O) groups is 2. The van der Waals surface area contributed by atoms with E-state index in [4.69, 9.17) is 18.9 Å². The van der Waals surface area contributed by atoms with Crippen LogP contribution in [0.5, 0.6) is 11.5 Å². The highest BCUT2D eigenvalue weighted by atomic mass is 16.5. The molecule has 0 fully saturated rings. The number of benzene rings is 3. The Hall–Kier alpha value is -4.59. The Balaban J connectivity index is 1.82. The average molecular weight is 501 g/mol. The van der Waals surface area contributed by atoms with E-state index in [9.17, 15) is 9.59 Å². The van der Waals surface area contributed by atoms with E-state index in [2.05, 4.69) is 5.10 Å². The molecule has 0 aliphatic carbocycles. The van der Waals surface area contributed by atoms with Crippen molar-refractivity contribution in [3.63, 3.8) is 0 Å². The summed E-state index contributed by atoms with van der Waals surface area (Å²) in [5, 5.41) is 4.64. The molecule has 0 bridgehead atoms. The predicted octanol–water partition coefficient (Wildman–Crippen LogP) is 5.40. The van der Waals surface area contributed by atoms with Crippen LogP contribution in [0.15, 0.2) is 72.8 Å². The van der Waals surface area contributed by atoms with Gasteiger partial charge in [-0.25, -0.2) is 14.3 Å². The van der Waals surface area contributed by atoms with Crippen molar-refractivity contribution < 1.29 is 28.5 Å². The maximum atomic E-state index is 12.9. The fraction of sp³-hybridized carbons (Fsp3) is 0.207. The highest BCUT2D eigenvalue weighted by Gasteiger charge is 2.31. The number of methoxy groups -OCH3 is 2. The molecule has 3 aromatic carbocycles. The van der Waals surface area contributed by atoms with Crippen LogP contribution in [0.3, 0.4) is 0 Å². The van der Waals surface area contributed by atoms with Gasteiger partial charge in [0.25, 0.3) is 0 Å². The number of aromatic nitrogens is 2. The van der Waals surface area contributed by atoms with Gasteiger partial charge < -0.3 is 18.9 Å². The molecule has 0 amide bonds. The van der Waals surface area contributed by atoms with Gasteiger partial charge in [-0.15, -0.1) is 0 Å². The van der Waals surface area contributed by atoms with Crippen LogP contribution in [0.4, 0.5) is 0 Å². The van der Waals surface area contributed by atoms with Gasteiger partial charge in [-0.3, -0.25) is 0 Å². The Morgan fingerprint density at radius 3 is 2.22 bits per heavy atom. The van der Waals surface area contributed by atoms with Crippen molar-refractivity contribution in [3.05, 3.63) is 95.2 Å². The van der Waals surface area contributed by atoms with Crippen molar-refractivity contribution in [1.29, 1.82) is 0 Å². The lowest BCUT2D eigenvalue weighted by molar-refractivity contribution is 0.0549. The monoisotopic (exact) mass is 500 g/mol. The molecule has 0 saturated heterocycles. The van der Waals surface area contributed by atoms with Gasteiger partial charge in [-0.05, 0) is 55.3 Å². The Labute approximate surface area is 215 Å². The molecule has 1 aromatic heterocycles. The summed E-state index contributed by atoms with van der Waals surface area (Å²) < 4.78 is 23.4. The summed E-state index contributed by atoms with van der Waals surface area (Å²) in [5.41, 5.74) is 3.53. The van der Waals surface area contributed by atoms with Crippen LogP contribution in [0.2, 0.25) is 0 Å². The number of hydrogen-bond donors (Lipinski definition) is 0. The summed E-state index contributed by atoms with van der Waals surface area (Å²) in [6, 6.07) is 22.3. The third kappa shape index (κ3) is 5.33. The third-order valence-corrected chi connectivity index (χ3v) is 5.82. The first-order chi connectivity index (χ1) is 18.0. The van der Waals surface area contributed by atoms with Gasteiger partial charge in [0.05, 0.1) is 26.5 Å². The predicted molar refractivity (Wildman–Crippen MR) is 138 cm³/mol. The maximum absolute atomic E-state index is 12.9. The van der Waals surface area contributed by atoms with Gasteiger partial charge >= 0.3 is 11.9 Å². The molecular formula is C29H28N2O6. The lowest BCUT2D eigenvalue weighted by Gasteiger charge is -2.14. The van der Waals surface area contributed by atoms with Gasteiger partial charge in [0.2, 0.25) is 0 Å². The summed E-state index contributed by atoms with van der Waals surface area (Å²) in [4.78, 5) is 25.8. The quantitative estimate of drug-likeness (QED) is 0.284. The van der Waals surface area contributed by atoms with Crippen LogP contribution in [-0.4, -0.2) is 42.5 Å². The third-order valence-electron chi connectivity index (χ3n) is 5.82. The highest BCUT2D eigenvalue weighted by molar-refractivity contribution is 6.06. The van der Waals surface area contributed by atoms with Crippen LogP contribution in [0, 0.1) is 6.92 Å². The standard InChI is InChI=1S/C29H28N2O6/c1-5-36-24-17-20(15-16-23(24)37-18-21-12-10-9-11-19(21)2)26-25(28(32)34-3)27(29(33)35-4)31(30-26)22-13-7-6-8-14-22/h6-17H,5,18H2,1-4H3. The lowest BCUT2D eigenvalue weighted by Crippen LogP contribution is -2.15. The van der Waals surface area contributed by atoms with Gasteiger partial charge in [0.1, 0.15) is 17.9 Å². The van der Waals surface area contributed by atoms with E-state index < -0.39 is 11.9 Å². The number of carbonyl (C=O) groups excluding carboxylic acids is 2. The molecule has 0 aliphatic rings. The molecule has 0 atom stereocenters. The molecule has 0 radical (unpaired) electrons. The van der Waals surface area contributed by atoms with Crippen molar-refractivity contribution in [2.24, 2.45) is 0 Å². The largest absolute Gasteiger partial charge is 0.490 e. The first kappa shape index (κ1) is 25.5. The molecule has 0 N–H and O–H groups in total. The summed E-state index contributed by atoms with van der Waals surface area (Å²) >= 11 is 0. The Bertz CT molecular complexity index is 1410. The maximum Gasteiger partial charge on any atom is 0.357 e. The normalized spacial score (nSPS) is 10.6. The molecule has 37 heavy (non-hydrogen) atoms. The molecule has 0 spiro atoms. The Kier molecular flexibility index (Phi) is 7.88. The average Bonchev–Trinajstić information content (AvgIpc) is 3.33. The lowest BCUT2D eigenvalue weighted by atomic mass is 10.0. The smallest absolute Gasteiger partial charge is 0.357 e. The molecule has 1 heterocycles. The van der Waals surface area contributed by atoms with Crippen molar-refractivity contribution >= 4 is 11.9 Å². The number of esters is 2. The molecule has 0 aliphatic heterocycles. The summed E-state index contributed by atoms with van der Waals surface area (Å²) in [6.07, 6.45) is 0. The summed E-state index contributed by atoms with van der Waals surface area (Å²) in [6.45, 7) is 4.67. The molecule has 0 unspecified atom stereocenters. The van der Waals surface area contributed by atoms with Crippen molar-refractivity contribution in [3.8, 4) is 28.4 Å². The number of para-hydroxylation sites is 1. The summed E-state index contributed by atoms with van der Waals surface area (Å²) in [7, 11) is 2.50. The molecule has 0 saturated carbocycles. The minimum absolute atomic E-state index is 0.00534. The SMILES string of the molecule is CCOc1cc(-c2nn(-c3ccccc3)c(C(=O)OC)c2C(=O)OC)ccc1OCc1ccccc1C. The molecule has 8 heteroatoms. The second-order valence-electron chi connectivity index (χ2n) is 8.11. The molecule has 190 valence electrons. The van der Waals surface area contributed by atoms with E-state index in [1.807, 2.05) is 56.3 Å². The second kappa shape index (κ2) is 11.4. The van der Waals surface area contributed by atoms with Crippen molar-refractivity contribution in [2.45, 2.75) is 20.5 Å². The first-order valence-electron chi connectivity index (χ1n) is 11.8. The van der Waals surface area contributed by atoms with Crippen LogP contribution in [-0.2, 0) is 16.1 Å². The number of rotatable bonds is 9. The molecule has 4 rings (SSSR count). The zero-order valence-electron chi connectivity index (χ0n) is 21.2. The van der Waals surface area contributed by atoms with Crippen LogP contribution in [0.25, 0.3) is 16.9 Å². The highest BCUT2D eigenvalue weighted by Crippen LogP contribution is 2.36. The van der Waals surface area contributed by atoms with Crippen LogP contribution in [0.1, 0.15) is 38.9 Å². The number of ether oxygens (including phenoxy) is 4. The zero-order chi connectivity index (χ0) is 26.4. The topological polar surface area (TPSA) is 88.9 Å². The number of nitrogens with zero attached hydrogens (tertiary/aromatic N) is 2. The van der Waals surface area contributed by atoms with Crippen molar-refractivity contribution in [1.82, 2.24) is 9.78 Å². The van der Waals surface area contributed by atoms with Gasteiger partial charge in [0.15, 0.2) is 17.2 Å². The fourth-order valence-electron chi connectivity index (χ4n) is 3.93.